The van der Waals surface area contributed by atoms with Gasteiger partial charge in [-0.15, -0.1) is 0 Å². The van der Waals surface area contributed by atoms with Gasteiger partial charge in [-0.2, -0.15) is 0 Å². The van der Waals surface area contributed by atoms with Gasteiger partial charge in [0.2, 0.25) is 5.91 Å². The van der Waals surface area contributed by atoms with E-state index in [0.717, 1.165) is 37.8 Å². The lowest BCUT2D eigenvalue weighted by atomic mass is 9.76. The molecule has 168 valence electrons. The molecule has 0 aromatic heterocycles. The Labute approximate surface area is 189 Å². The molecule has 2 aromatic rings. The number of piperidine rings is 2. The lowest BCUT2D eigenvalue weighted by molar-refractivity contribution is -0.148. The molecule has 4 atom stereocenters. The molecule has 5 rings (SSSR count). The summed E-state index contributed by atoms with van der Waals surface area (Å²) in [7, 11) is 1.65. The Hall–Kier alpha value is -2.86. The molecule has 1 N–H and O–H groups in total. The van der Waals surface area contributed by atoms with Crippen molar-refractivity contribution in [3.05, 3.63) is 71.3 Å². The number of nitrogens with one attached hydrogen (secondary N) is 1. The number of hydrogen-bond acceptors (Lipinski definition) is 3. The molecule has 0 aliphatic carbocycles. The zero-order valence-electron chi connectivity index (χ0n) is 18.6. The Morgan fingerprint density at radius 3 is 2.72 bits per heavy atom. The molecule has 2 saturated heterocycles. The third-order valence-corrected chi connectivity index (χ3v) is 7.35. The van der Waals surface area contributed by atoms with Crippen molar-refractivity contribution in [3.8, 4) is 0 Å². The minimum Gasteiger partial charge on any atom is -0.382 e. The highest BCUT2D eigenvalue weighted by atomic mass is 16.5. The number of likely N-dealkylation sites (tertiary alicyclic amines) is 1. The molecular weight excluding hydrogens is 402 g/mol. The first-order valence-corrected chi connectivity index (χ1v) is 11.7. The molecule has 0 spiro atoms. The van der Waals surface area contributed by atoms with E-state index >= 15 is 0 Å². The minimum atomic E-state index is -0.222. The maximum Gasteiger partial charge on any atom is 0.318 e. The molecule has 3 aliphatic rings. The van der Waals surface area contributed by atoms with E-state index in [9.17, 15) is 9.59 Å². The number of urea groups is 1. The molecule has 2 aromatic carbocycles. The second-order valence-electron chi connectivity index (χ2n) is 9.11. The first kappa shape index (κ1) is 21.0. The number of fused-ring (bicyclic) bond motifs is 4. The molecular formula is C26H31N3O3. The van der Waals surface area contributed by atoms with Crippen LogP contribution in [0.2, 0.25) is 0 Å². The minimum absolute atomic E-state index is 0.0611. The van der Waals surface area contributed by atoms with Crippen molar-refractivity contribution in [2.75, 3.05) is 26.8 Å². The number of ether oxygens (including phenoxy) is 1. The number of amides is 3. The van der Waals surface area contributed by atoms with Gasteiger partial charge in [0.15, 0.2) is 0 Å². The lowest BCUT2D eigenvalue weighted by Gasteiger charge is -2.51. The molecule has 3 amide bonds. The number of carbonyl (C=O) groups excluding carboxylic acids is 2. The molecule has 0 bridgehead atoms. The molecule has 32 heavy (non-hydrogen) atoms. The van der Waals surface area contributed by atoms with Gasteiger partial charge in [0.1, 0.15) is 0 Å². The van der Waals surface area contributed by atoms with Crippen LogP contribution in [0.5, 0.6) is 0 Å². The summed E-state index contributed by atoms with van der Waals surface area (Å²) in [6.45, 7) is 1.86. The van der Waals surface area contributed by atoms with Crippen molar-refractivity contribution in [2.45, 2.75) is 43.8 Å². The van der Waals surface area contributed by atoms with Gasteiger partial charge >= 0.3 is 6.03 Å². The van der Waals surface area contributed by atoms with Gasteiger partial charge in [0.05, 0.1) is 24.6 Å². The maximum absolute atomic E-state index is 13.5. The Morgan fingerprint density at radius 2 is 1.91 bits per heavy atom. The summed E-state index contributed by atoms with van der Waals surface area (Å²) in [5, 5.41) is 3.18. The molecule has 2 fully saturated rings. The highest BCUT2D eigenvalue weighted by Crippen LogP contribution is 2.43. The van der Waals surface area contributed by atoms with E-state index in [1.54, 1.807) is 7.11 Å². The fourth-order valence-electron chi connectivity index (χ4n) is 5.81. The molecule has 0 unspecified atom stereocenters. The summed E-state index contributed by atoms with van der Waals surface area (Å²) in [6.07, 6.45) is 3.44. The molecule has 6 heteroatoms. The number of benzene rings is 2. The predicted molar refractivity (Wildman–Crippen MR) is 122 cm³/mol. The van der Waals surface area contributed by atoms with Crippen LogP contribution < -0.4 is 5.32 Å². The van der Waals surface area contributed by atoms with Gasteiger partial charge < -0.3 is 19.9 Å². The lowest BCUT2D eigenvalue weighted by Crippen LogP contribution is -2.61. The van der Waals surface area contributed by atoms with Crippen molar-refractivity contribution in [1.29, 1.82) is 0 Å². The summed E-state index contributed by atoms with van der Waals surface area (Å²) in [6, 6.07) is 18.0. The summed E-state index contributed by atoms with van der Waals surface area (Å²) < 4.78 is 5.39. The van der Waals surface area contributed by atoms with Crippen molar-refractivity contribution in [1.82, 2.24) is 15.1 Å². The van der Waals surface area contributed by atoms with E-state index in [1.807, 2.05) is 35.2 Å². The zero-order chi connectivity index (χ0) is 22.1. The topological polar surface area (TPSA) is 61.9 Å². The van der Waals surface area contributed by atoms with E-state index in [4.69, 9.17) is 4.74 Å². The Balaban J connectivity index is 1.38. The standard InChI is InChI=1S/C26H31N3O3/c1-32-17-22(19-9-3-2-4-10-19)27-26(31)29-14-7-12-21-24(29)16-23-20-11-6-5-8-18(20)13-15-28(23)25(21)30/h2-6,8-11,21-24H,7,12-17H2,1H3,(H,27,31)/t21-,22-,23-,24-/m0/s1. The van der Waals surface area contributed by atoms with E-state index in [1.165, 1.54) is 11.1 Å². The van der Waals surface area contributed by atoms with Crippen LogP contribution >= 0.6 is 0 Å². The van der Waals surface area contributed by atoms with Crippen LogP contribution in [0.25, 0.3) is 0 Å². The number of rotatable bonds is 4. The Kier molecular flexibility index (Phi) is 5.87. The number of methoxy groups -OCH3 is 1. The van der Waals surface area contributed by atoms with Gasteiger partial charge in [-0.3, -0.25) is 4.79 Å². The largest absolute Gasteiger partial charge is 0.382 e. The number of nitrogens with zero attached hydrogens (tertiary/aromatic N) is 2. The summed E-state index contributed by atoms with van der Waals surface area (Å²) in [5.74, 6) is 0.114. The van der Waals surface area contributed by atoms with Crippen molar-refractivity contribution in [3.63, 3.8) is 0 Å². The van der Waals surface area contributed by atoms with Crippen LogP contribution in [-0.2, 0) is 16.0 Å². The highest BCUT2D eigenvalue weighted by molar-refractivity contribution is 5.83. The van der Waals surface area contributed by atoms with Crippen molar-refractivity contribution < 1.29 is 14.3 Å². The van der Waals surface area contributed by atoms with Crippen molar-refractivity contribution >= 4 is 11.9 Å². The molecule has 6 nitrogen and oxygen atoms in total. The fourth-order valence-corrected chi connectivity index (χ4v) is 5.81. The first-order valence-electron chi connectivity index (χ1n) is 11.7. The first-order chi connectivity index (χ1) is 15.7. The monoisotopic (exact) mass is 433 g/mol. The quantitative estimate of drug-likeness (QED) is 0.800. The van der Waals surface area contributed by atoms with Gasteiger partial charge in [-0.25, -0.2) is 4.79 Å². The molecule has 3 heterocycles. The average molecular weight is 434 g/mol. The summed E-state index contributed by atoms with van der Waals surface area (Å²) in [5.41, 5.74) is 3.59. The molecule has 0 radical (unpaired) electrons. The summed E-state index contributed by atoms with van der Waals surface area (Å²) in [4.78, 5) is 30.9. The Morgan fingerprint density at radius 1 is 1.12 bits per heavy atom. The van der Waals surface area contributed by atoms with Crippen LogP contribution in [-0.4, -0.2) is 54.6 Å². The molecule has 3 aliphatic heterocycles. The van der Waals surface area contributed by atoms with E-state index in [-0.39, 0.29) is 36.0 Å². The smallest absolute Gasteiger partial charge is 0.318 e. The SMILES string of the molecule is COC[C@H](NC(=O)N1CCC[C@@H]2C(=O)N3CCc4ccccc4[C@@H]3C[C@@H]21)c1ccccc1. The third kappa shape index (κ3) is 3.77. The fraction of sp³-hybridized carbons (Fsp3) is 0.462. The normalized spacial score (nSPS) is 25.4. The van der Waals surface area contributed by atoms with Crippen LogP contribution in [0, 0.1) is 5.92 Å². The van der Waals surface area contributed by atoms with Gasteiger partial charge in [0.25, 0.3) is 0 Å². The summed E-state index contributed by atoms with van der Waals surface area (Å²) >= 11 is 0. The van der Waals surface area contributed by atoms with E-state index in [0.29, 0.717) is 13.2 Å². The highest BCUT2D eigenvalue weighted by Gasteiger charge is 2.48. The Bertz CT molecular complexity index is 979. The third-order valence-electron chi connectivity index (χ3n) is 7.35. The van der Waals surface area contributed by atoms with E-state index < -0.39 is 0 Å². The maximum atomic E-state index is 13.5. The number of hydrogen-bond donors (Lipinski definition) is 1. The molecule has 0 saturated carbocycles. The second-order valence-corrected chi connectivity index (χ2v) is 9.11. The number of carbonyl (C=O) groups is 2. The van der Waals surface area contributed by atoms with Crippen LogP contribution in [0.4, 0.5) is 4.79 Å². The van der Waals surface area contributed by atoms with Gasteiger partial charge in [-0.05, 0) is 42.4 Å². The van der Waals surface area contributed by atoms with Crippen LogP contribution in [0.15, 0.2) is 54.6 Å². The average Bonchev–Trinajstić information content (AvgIpc) is 2.84. The second kappa shape index (κ2) is 8.94. The van der Waals surface area contributed by atoms with Crippen LogP contribution in [0.3, 0.4) is 0 Å². The van der Waals surface area contributed by atoms with E-state index in [2.05, 4.69) is 34.5 Å². The van der Waals surface area contributed by atoms with Gasteiger partial charge in [0, 0.05) is 26.2 Å². The van der Waals surface area contributed by atoms with Gasteiger partial charge in [-0.1, -0.05) is 54.6 Å². The zero-order valence-corrected chi connectivity index (χ0v) is 18.6. The predicted octanol–water partition coefficient (Wildman–Crippen LogP) is 3.69. The van der Waals surface area contributed by atoms with Crippen LogP contribution in [0.1, 0.15) is 48.0 Å². The van der Waals surface area contributed by atoms with Crippen molar-refractivity contribution in [2.24, 2.45) is 5.92 Å².